The normalized spacial score (nSPS) is 30.0. The van der Waals surface area contributed by atoms with E-state index >= 15 is 0 Å². The van der Waals surface area contributed by atoms with Crippen LogP contribution in [0.15, 0.2) is 28.7 Å². The van der Waals surface area contributed by atoms with Crippen molar-refractivity contribution in [2.24, 2.45) is 5.92 Å². The lowest BCUT2D eigenvalue weighted by Crippen LogP contribution is -2.51. The van der Waals surface area contributed by atoms with Crippen LogP contribution in [0.25, 0.3) is 0 Å². The van der Waals surface area contributed by atoms with Gasteiger partial charge >= 0.3 is 0 Å². The molecule has 1 aliphatic carbocycles. The average molecular weight is 379 g/mol. The Morgan fingerprint density at radius 2 is 2.13 bits per heavy atom. The zero-order chi connectivity index (χ0) is 15.8. The van der Waals surface area contributed by atoms with E-state index in [2.05, 4.69) is 49.1 Å². The van der Waals surface area contributed by atoms with Crippen LogP contribution in [0.2, 0.25) is 0 Å². The van der Waals surface area contributed by atoms with Crippen molar-refractivity contribution in [2.45, 2.75) is 43.9 Å². The van der Waals surface area contributed by atoms with E-state index in [1.807, 2.05) is 12.1 Å². The number of fused-ring (bicyclic) bond motifs is 1. The minimum Gasteiger partial charge on any atom is -0.334 e. The lowest BCUT2D eigenvalue weighted by Gasteiger charge is -2.31. The largest absolute Gasteiger partial charge is 0.334 e. The van der Waals surface area contributed by atoms with Gasteiger partial charge in [0.1, 0.15) is 6.04 Å². The molecule has 1 aromatic carbocycles. The molecular formula is C17H23BrN4O. The molecule has 3 unspecified atom stereocenters. The van der Waals surface area contributed by atoms with Gasteiger partial charge in [0, 0.05) is 35.6 Å². The molecule has 23 heavy (non-hydrogen) atoms. The van der Waals surface area contributed by atoms with Gasteiger partial charge in [0.2, 0.25) is 5.91 Å². The quantitative estimate of drug-likeness (QED) is 0.740. The van der Waals surface area contributed by atoms with E-state index in [0.717, 1.165) is 36.8 Å². The van der Waals surface area contributed by atoms with Crippen molar-refractivity contribution >= 4 is 21.8 Å². The van der Waals surface area contributed by atoms with Gasteiger partial charge in [-0.25, -0.2) is 5.43 Å². The van der Waals surface area contributed by atoms with E-state index in [1.165, 1.54) is 5.56 Å². The Morgan fingerprint density at radius 3 is 2.91 bits per heavy atom. The van der Waals surface area contributed by atoms with Crippen molar-refractivity contribution in [3.8, 4) is 0 Å². The van der Waals surface area contributed by atoms with Crippen LogP contribution < -0.4 is 16.2 Å². The van der Waals surface area contributed by atoms with E-state index in [9.17, 15) is 4.79 Å². The predicted octanol–water partition coefficient (Wildman–Crippen LogP) is 1.39. The first-order valence-corrected chi connectivity index (χ1v) is 9.28. The standard InChI is InChI=1S/C17H23BrN4O/c18-12-3-1-2-11(8-12)10-22(13-4-5-13)17(23)16-14-9-19-7-6-15(14)20-21-16/h1-3,8,13-16,19-21H,4-7,9-10H2. The van der Waals surface area contributed by atoms with Crippen molar-refractivity contribution < 1.29 is 4.79 Å². The van der Waals surface area contributed by atoms with Gasteiger partial charge in [-0.15, -0.1) is 0 Å². The molecule has 6 heteroatoms. The Balaban J connectivity index is 1.50. The third-order valence-electron chi connectivity index (χ3n) is 5.16. The fourth-order valence-electron chi connectivity index (χ4n) is 3.74. The van der Waals surface area contributed by atoms with Crippen molar-refractivity contribution in [1.82, 2.24) is 21.1 Å². The first kappa shape index (κ1) is 15.6. The summed E-state index contributed by atoms with van der Waals surface area (Å²) in [4.78, 5) is 15.2. The number of carbonyl (C=O) groups excluding carboxylic acids is 1. The van der Waals surface area contributed by atoms with Crippen LogP contribution in [0, 0.1) is 5.92 Å². The van der Waals surface area contributed by atoms with E-state index < -0.39 is 0 Å². The summed E-state index contributed by atoms with van der Waals surface area (Å²) in [5.74, 6) is 0.594. The van der Waals surface area contributed by atoms with Crippen LogP contribution in [0.1, 0.15) is 24.8 Å². The van der Waals surface area contributed by atoms with E-state index in [0.29, 0.717) is 24.5 Å². The number of nitrogens with one attached hydrogen (secondary N) is 3. The molecule has 1 aromatic rings. The van der Waals surface area contributed by atoms with Gasteiger partial charge in [-0.1, -0.05) is 28.1 Å². The Morgan fingerprint density at radius 1 is 1.26 bits per heavy atom. The second kappa shape index (κ2) is 6.51. The van der Waals surface area contributed by atoms with Crippen LogP contribution in [-0.2, 0) is 11.3 Å². The molecule has 0 radical (unpaired) electrons. The van der Waals surface area contributed by atoms with Crippen LogP contribution in [-0.4, -0.2) is 42.0 Å². The molecule has 0 aromatic heterocycles. The third kappa shape index (κ3) is 3.31. The number of nitrogens with zero attached hydrogens (tertiary/aromatic N) is 1. The number of hydrogen-bond acceptors (Lipinski definition) is 4. The number of benzene rings is 1. The summed E-state index contributed by atoms with van der Waals surface area (Å²) in [6, 6.07) is 8.97. The molecule has 0 spiro atoms. The number of amides is 1. The summed E-state index contributed by atoms with van der Waals surface area (Å²) >= 11 is 3.52. The molecular weight excluding hydrogens is 356 g/mol. The van der Waals surface area contributed by atoms with Crippen LogP contribution >= 0.6 is 15.9 Å². The van der Waals surface area contributed by atoms with Gasteiger partial charge in [-0.05, 0) is 43.5 Å². The first-order chi connectivity index (χ1) is 11.2. The summed E-state index contributed by atoms with van der Waals surface area (Å²) < 4.78 is 1.07. The maximum Gasteiger partial charge on any atom is 0.242 e. The monoisotopic (exact) mass is 378 g/mol. The predicted molar refractivity (Wildman–Crippen MR) is 92.5 cm³/mol. The maximum absolute atomic E-state index is 13.2. The number of halogens is 1. The Hall–Kier alpha value is -0.950. The zero-order valence-corrected chi connectivity index (χ0v) is 14.7. The summed E-state index contributed by atoms with van der Waals surface area (Å²) in [5.41, 5.74) is 7.78. The lowest BCUT2D eigenvalue weighted by atomic mass is 9.88. The Bertz CT molecular complexity index is 592. The molecule has 2 heterocycles. The first-order valence-electron chi connectivity index (χ1n) is 8.49. The smallest absolute Gasteiger partial charge is 0.242 e. The summed E-state index contributed by atoms with van der Waals surface area (Å²) in [6.45, 7) is 2.64. The average Bonchev–Trinajstić information content (AvgIpc) is 3.31. The second-order valence-electron chi connectivity index (χ2n) is 6.86. The van der Waals surface area contributed by atoms with Crippen LogP contribution in [0.5, 0.6) is 0 Å². The van der Waals surface area contributed by atoms with Crippen molar-refractivity contribution in [1.29, 1.82) is 0 Å². The molecule has 1 amide bonds. The number of hydrogen-bond donors (Lipinski definition) is 3. The molecule has 3 aliphatic rings. The van der Waals surface area contributed by atoms with Gasteiger partial charge < -0.3 is 10.2 Å². The molecule has 3 fully saturated rings. The summed E-state index contributed by atoms with van der Waals surface area (Å²) in [6.07, 6.45) is 3.34. The molecule has 1 saturated carbocycles. The van der Waals surface area contributed by atoms with Crippen molar-refractivity contribution in [2.75, 3.05) is 13.1 Å². The molecule has 3 atom stereocenters. The maximum atomic E-state index is 13.2. The number of carbonyl (C=O) groups is 1. The van der Waals surface area contributed by atoms with E-state index in [1.54, 1.807) is 0 Å². The summed E-state index contributed by atoms with van der Waals surface area (Å²) in [5, 5.41) is 3.43. The highest BCUT2D eigenvalue weighted by atomic mass is 79.9. The lowest BCUT2D eigenvalue weighted by molar-refractivity contribution is -0.135. The second-order valence-corrected chi connectivity index (χ2v) is 7.77. The van der Waals surface area contributed by atoms with Crippen molar-refractivity contribution in [3.63, 3.8) is 0 Å². The molecule has 5 nitrogen and oxygen atoms in total. The highest BCUT2D eigenvalue weighted by Gasteiger charge is 2.45. The van der Waals surface area contributed by atoms with Crippen LogP contribution in [0.4, 0.5) is 0 Å². The molecule has 3 N–H and O–H groups in total. The highest BCUT2D eigenvalue weighted by molar-refractivity contribution is 9.10. The minimum atomic E-state index is -0.111. The van der Waals surface area contributed by atoms with Crippen molar-refractivity contribution in [3.05, 3.63) is 34.3 Å². The minimum absolute atomic E-state index is 0.111. The van der Waals surface area contributed by atoms with E-state index in [4.69, 9.17) is 0 Å². The summed E-state index contributed by atoms with van der Waals surface area (Å²) in [7, 11) is 0. The molecule has 0 bridgehead atoms. The molecule has 124 valence electrons. The number of rotatable bonds is 4. The van der Waals surface area contributed by atoms with Crippen LogP contribution in [0.3, 0.4) is 0 Å². The Labute approximate surface area is 145 Å². The third-order valence-corrected chi connectivity index (χ3v) is 5.65. The van der Waals surface area contributed by atoms with Gasteiger partial charge in [0.15, 0.2) is 0 Å². The SMILES string of the molecule is O=C(C1NNC2CCNCC21)N(Cc1cccc(Br)c1)C1CC1. The number of hydrazine groups is 1. The van der Waals surface area contributed by atoms with E-state index in [-0.39, 0.29) is 11.9 Å². The fraction of sp³-hybridized carbons (Fsp3) is 0.588. The van der Waals surface area contributed by atoms with Gasteiger partial charge in [-0.3, -0.25) is 10.2 Å². The molecule has 4 rings (SSSR count). The van der Waals surface area contributed by atoms with Gasteiger partial charge in [-0.2, -0.15) is 0 Å². The Kier molecular flexibility index (Phi) is 4.41. The topological polar surface area (TPSA) is 56.4 Å². The molecule has 2 aliphatic heterocycles. The highest BCUT2D eigenvalue weighted by Crippen LogP contribution is 2.31. The van der Waals surface area contributed by atoms with Gasteiger partial charge in [0.25, 0.3) is 0 Å². The van der Waals surface area contributed by atoms with Gasteiger partial charge in [0.05, 0.1) is 0 Å². The molecule has 2 saturated heterocycles. The number of piperidine rings is 1. The fourth-order valence-corrected chi connectivity index (χ4v) is 4.19. The zero-order valence-electron chi connectivity index (χ0n) is 13.1.